The monoisotopic (exact) mass is 367 g/mol. The topological polar surface area (TPSA) is 72.7 Å². The molecule has 1 aromatic carbocycles. The maximum Gasteiger partial charge on any atom is 0.224 e. The van der Waals surface area contributed by atoms with E-state index in [-0.39, 0.29) is 5.91 Å². The normalized spacial score (nSPS) is 10.7. The molecule has 2 aromatic heterocycles. The summed E-state index contributed by atoms with van der Waals surface area (Å²) in [6, 6.07) is 9.47. The van der Waals surface area contributed by atoms with Crippen molar-refractivity contribution in [2.24, 2.45) is 0 Å². The first-order valence-corrected chi connectivity index (χ1v) is 9.57. The summed E-state index contributed by atoms with van der Waals surface area (Å²) in [5.41, 5.74) is 4.65. The lowest BCUT2D eigenvalue weighted by molar-refractivity contribution is -0.116. The van der Waals surface area contributed by atoms with Crippen molar-refractivity contribution in [3.05, 3.63) is 59.7 Å². The molecule has 0 spiro atoms. The third-order valence-corrected chi connectivity index (χ3v) is 4.65. The smallest absolute Gasteiger partial charge is 0.224 e. The first kappa shape index (κ1) is 18.1. The number of carbonyl (C=O) groups is 1. The highest BCUT2D eigenvalue weighted by atomic mass is 32.2. The van der Waals surface area contributed by atoms with Crippen LogP contribution in [-0.4, -0.2) is 31.9 Å². The van der Waals surface area contributed by atoms with E-state index in [0.29, 0.717) is 12.8 Å². The minimum Gasteiger partial charge on any atom is -0.326 e. The SMILES string of the molecule is CSc1nc(C)c(CCC(=O)Nc2ccc(-n3cccn3)cc2)c(C)n1. The minimum absolute atomic E-state index is 0.0235. The van der Waals surface area contributed by atoms with E-state index in [1.165, 1.54) is 11.8 Å². The van der Waals surface area contributed by atoms with Crippen LogP contribution >= 0.6 is 11.8 Å². The van der Waals surface area contributed by atoms with Gasteiger partial charge in [0.25, 0.3) is 0 Å². The summed E-state index contributed by atoms with van der Waals surface area (Å²) >= 11 is 1.52. The molecule has 0 aliphatic rings. The maximum absolute atomic E-state index is 12.3. The van der Waals surface area contributed by atoms with E-state index in [2.05, 4.69) is 20.4 Å². The molecule has 0 aliphatic heterocycles. The molecule has 6 nitrogen and oxygen atoms in total. The summed E-state index contributed by atoms with van der Waals surface area (Å²) in [5, 5.41) is 7.89. The quantitative estimate of drug-likeness (QED) is 0.533. The molecule has 1 amide bonds. The van der Waals surface area contributed by atoms with Gasteiger partial charge in [0.1, 0.15) is 0 Å². The van der Waals surface area contributed by atoms with Crippen molar-refractivity contribution in [1.82, 2.24) is 19.7 Å². The van der Waals surface area contributed by atoms with Crippen molar-refractivity contribution in [3.8, 4) is 5.69 Å². The largest absolute Gasteiger partial charge is 0.326 e. The lowest BCUT2D eigenvalue weighted by atomic mass is 10.1. The molecule has 2 heterocycles. The number of aromatic nitrogens is 4. The van der Waals surface area contributed by atoms with Crippen LogP contribution < -0.4 is 5.32 Å². The summed E-state index contributed by atoms with van der Waals surface area (Å²) in [6.07, 6.45) is 6.59. The average molecular weight is 367 g/mol. The van der Waals surface area contributed by atoms with Gasteiger partial charge in [-0.1, -0.05) is 11.8 Å². The van der Waals surface area contributed by atoms with Crippen molar-refractivity contribution >= 4 is 23.4 Å². The van der Waals surface area contributed by atoms with Crippen LogP contribution in [0, 0.1) is 13.8 Å². The number of carbonyl (C=O) groups excluding carboxylic acids is 1. The number of hydrogen-bond acceptors (Lipinski definition) is 5. The second-order valence-corrected chi connectivity index (χ2v) is 6.68. The van der Waals surface area contributed by atoms with Crippen LogP contribution in [0.4, 0.5) is 5.69 Å². The Balaban J connectivity index is 1.59. The van der Waals surface area contributed by atoms with E-state index >= 15 is 0 Å². The Bertz CT molecular complexity index is 868. The Labute approximate surface area is 157 Å². The highest BCUT2D eigenvalue weighted by molar-refractivity contribution is 7.98. The molecule has 0 saturated heterocycles. The standard InChI is InChI=1S/C19H21N5OS/c1-13-17(14(2)22-19(21-13)26-3)9-10-18(25)23-15-5-7-16(8-6-15)24-12-4-11-20-24/h4-8,11-12H,9-10H2,1-3H3,(H,23,25). The first-order valence-electron chi connectivity index (χ1n) is 8.35. The minimum atomic E-state index is -0.0235. The summed E-state index contributed by atoms with van der Waals surface area (Å²) in [7, 11) is 0. The Hall–Kier alpha value is -2.67. The van der Waals surface area contributed by atoms with Crippen molar-refractivity contribution < 1.29 is 4.79 Å². The number of anilines is 1. The van der Waals surface area contributed by atoms with Gasteiger partial charge in [0.15, 0.2) is 5.16 Å². The predicted octanol–water partition coefficient (Wildman–Crippen LogP) is 3.57. The molecular weight excluding hydrogens is 346 g/mol. The van der Waals surface area contributed by atoms with E-state index in [1.54, 1.807) is 10.9 Å². The number of nitrogens with zero attached hydrogens (tertiary/aromatic N) is 4. The molecule has 0 fully saturated rings. The van der Waals surface area contributed by atoms with Crippen molar-refractivity contribution in [1.29, 1.82) is 0 Å². The van der Waals surface area contributed by atoms with E-state index in [1.807, 2.05) is 56.6 Å². The molecule has 3 aromatic rings. The predicted molar refractivity (Wildman–Crippen MR) is 104 cm³/mol. The molecule has 0 bridgehead atoms. The van der Waals surface area contributed by atoms with Crippen LogP contribution in [0.3, 0.4) is 0 Å². The molecule has 7 heteroatoms. The number of thioether (sulfide) groups is 1. The summed E-state index contributed by atoms with van der Waals surface area (Å²) in [6.45, 7) is 3.94. The molecule has 0 aliphatic carbocycles. The van der Waals surface area contributed by atoms with Crippen LogP contribution in [0.2, 0.25) is 0 Å². The van der Waals surface area contributed by atoms with Gasteiger partial charge in [0.2, 0.25) is 5.91 Å². The highest BCUT2D eigenvalue weighted by Crippen LogP contribution is 2.18. The number of hydrogen-bond donors (Lipinski definition) is 1. The Kier molecular flexibility index (Phi) is 5.68. The maximum atomic E-state index is 12.3. The van der Waals surface area contributed by atoms with Crippen molar-refractivity contribution in [2.75, 3.05) is 11.6 Å². The molecular formula is C19H21N5OS. The molecule has 0 radical (unpaired) electrons. The number of rotatable bonds is 6. The van der Waals surface area contributed by atoms with Crippen LogP contribution in [-0.2, 0) is 11.2 Å². The zero-order chi connectivity index (χ0) is 18.5. The molecule has 3 rings (SSSR count). The Morgan fingerprint density at radius 1 is 1.15 bits per heavy atom. The highest BCUT2D eigenvalue weighted by Gasteiger charge is 2.11. The zero-order valence-electron chi connectivity index (χ0n) is 15.1. The van der Waals surface area contributed by atoms with Crippen molar-refractivity contribution in [3.63, 3.8) is 0 Å². The Morgan fingerprint density at radius 3 is 2.42 bits per heavy atom. The lowest BCUT2D eigenvalue weighted by Crippen LogP contribution is -2.13. The van der Waals surface area contributed by atoms with Gasteiger partial charge in [-0.25, -0.2) is 14.6 Å². The number of nitrogens with one attached hydrogen (secondary N) is 1. The number of benzene rings is 1. The van der Waals surface area contributed by atoms with Gasteiger partial charge in [-0.3, -0.25) is 4.79 Å². The molecule has 134 valence electrons. The number of amides is 1. The number of aryl methyl sites for hydroxylation is 2. The van der Waals surface area contributed by atoms with E-state index in [4.69, 9.17) is 0 Å². The molecule has 1 N–H and O–H groups in total. The van der Waals surface area contributed by atoms with Gasteiger partial charge in [0, 0.05) is 35.9 Å². The molecule has 26 heavy (non-hydrogen) atoms. The average Bonchev–Trinajstić information content (AvgIpc) is 3.16. The molecule has 0 unspecified atom stereocenters. The second kappa shape index (κ2) is 8.14. The van der Waals surface area contributed by atoms with Crippen molar-refractivity contribution in [2.45, 2.75) is 31.8 Å². The third-order valence-electron chi connectivity index (χ3n) is 4.10. The van der Waals surface area contributed by atoms with Gasteiger partial charge in [0.05, 0.1) is 5.69 Å². The fraction of sp³-hybridized carbons (Fsp3) is 0.263. The van der Waals surface area contributed by atoms with Gasteiger partial charge in [-0.2, -0.15) is 5.10 Å². The van der Waals surface area contributed by atoms with E-state index in [0.717, 1.165) is 33.5 Å². The molecule has 0 saturated carbocycles. The van der Waals surface area contributed by atoms with Crippen LogP contribution in [0.25, 0.3) is 5.69 Å². The second-order valence-electron chi connectivity index (χ2n) is 5.91. The Morgan fingerprint density at radius 2 is 1.85 bits per heavy atom. The van der Waals surface area contributed by atoms with E-state index in [9.17, 15) is 4.79 Å². The van der Waals surface area contributed by atoms with Crippen LogP contribution in [0.5, 0.6) is 0 Å². The first-order chi connectivity index (χ1) is 12.6. The molecule has 0 atom stereocenters. The van der Waals surface area contributed by atoms with E-state index < -0.39 is 0 Å². The summed E-state index contributed by atoms with van der Waals surface area (Å²) in [5.74, 6) is -0.0235. The van der Waals surface area contributed by atoms with Gasteiger partial charge in [-0.05, 0) is 62.4 Å². The third kappa shape index (κ3) is 4.29. The fourth-order valence-electron chi connectivity index (χ4n) is 2.74. The summed E-state index contributed by atoms with van der Waals surface area (Å²) in [4.78, 5) is 21.2. The van der Waals surface area contributed by atoms with Crippen LogP contribution in [0.1, 0.15) is 23.4 Å². The van der Waals surface area contributed by atoms with Crippen LogP contribution in [0.15, 0.2) is 47.9 Å². The van der Waals surface area contributed by atoms with Gasteiger partial charge in [-0.15, -0.1) is 0 Å². The fourth-order valence-corrected chi connectivity index (χ4v) is 3.20. The van der Waals surface area contributed by atoms with Gasteiger partial charge < -0.3 is 5.32 Å². The summed E-state index contributed by atoms with van der Waals surface area (Å²) < 4.78 is 1.77. The zero-order valence-corrected chi connectivity index (χ0v) is 15.9. The lowest BCUT2D eigenvalue weighted by Gasteiger charge is -2.10. The van der Waals surface area contributed by atoms with Gasteiger partial charge >= 0.3 is 0 Å².